The lowest BCUT2D eigenvalue weighted by atomic mass is 9.82. The zero-order chi connectivity index (χ0) is 23.6. The van der Waals surface area contributed by atoms with Crippen LogP contribution in [0.25, 0.3) is 0 Å². The second kappa shape index (κ2) is 10.6. The molecule has 0 aromatic rings. The highest BCUT2D eigenvalue weighted by Gasteiger charge is 2.61. The van der Waals surface area contributed by atoms with Gasteiger partial charge in [-0.15, -0.1) is 0 Å². The highest BCUT2D eigenvalue weighted by atomic mass is 16.8. The average Bonchev–Trinajstić information content (AvgIpc) is 2.97. The van der Waals surface area contributed by atoms with Gasteiger partial charge in [0.1, 0.15) is 30.0 Å². The molecule has 0 spiro atoms. The Morgan fingerprint density at radius 2 is 1.81 bits per heavy atom. The molecule has 3 rings (SSSR count). The average molecular weight is 465 g/mol. The molecule has 32 heavy (non-hydrogen) atoms. The summed E-state index contributed by atoms with van der Waals surface area (Å²) in [6, 6.07) is 0. The number of fused-ring (bicyclic) bond motifs is 1. The SMILES string of the molecule is CCCCO[C@H]1C[C@H]2C(O)C[C@](C)(OC(C)=O)[C@H]2[C@H](O[C@@H]2O[C@H](CO)[C@@H](O)[C@H](O)[C@H]2O)O1. The lowest BCUT2D eigenvalue weighted by Gasteiger charge is -2.46. The maximum atomic E-state index is 11.8. The predicted molar refractivity (Wildman–Crippen MR) is 107 cm³/mol. The standard InChI is InChI=1S/C21H36O11/c1-4-5-6-28-14-7-11-12(24)8-21(3,32-10(2)23)15(11)19(30-14)31-20-18(27)17(26)16(25)13(9-22)29-20/h11-20,22,24-27H,4-9H2,1-3H3/t11-,12?,13+,14+,15+,16+,17-,18+,19-,20-,21-/m0/s1. The second-order valence-corrected chi connectivity index (χ2v) is 9.09. The molecule has 3 fully saturated rings. The molecule has 11 nitrogen and oxygen atoms in total. The van der Waals surface area contributed by atoms with E-state index in [9.17, 15) is 30.3 Å². The van der Waals surface area contributed by atoms with E-state index < -0.39 is 73.5 Å². The monoisotopic (exact) mass is 464 g/mol. The molecule has 1 unspecified atom stereocenters. The Balaban J connectivity index is 1.83. The minimum atomic E-state index is -1.62. The molecule has 2 heterocycles. The molecule has 0 radical (unpaired) electrons. The quantitative estimate of drug-likeness (QED) is 0.221. The van der Waals surface area contributed by atoms with Gasteiger partial charge in [0.25, 0.3) is 0 Å². The largest absolute Gasteiger partial charge is 0.459 e. The van der Waals surface area contributed by atoms with Crippen LogP contribution in [-0.2, 0) is 28.5 Å². The highest BCUT2D eigenvalue weighted by molar-refractivity contribution is 5.66. The molecule has 0 aromatic carbocycles. The van der Waals surface area contributed by atoms with Crippen molar-refractivity contribution in [2.24, 2.45) is 11.8 Å². The van der Waals surface area contributed by atoms with Crippen molar-refractivity contribution < 1.29 is 54.0 Å². The van der Waals surface area contributed by atoms with Gasteiger partial charge in [0.15, 0.2) is 18.9 Å². The topological polar surface area (TPSA) is 164 Å². The van der Waals surface area contributed by atoms with E-state index in [1.54, 1.807) is 6.92 Å². The van der Waals surface area contributed by atoms with Gasteiger partial charge in [0.05, 0.1) is 18.6 Å². The Morgan fingerprint density at radius 3 is 2.44 bits per heavy atom. The molecule has 2 aliphatic heterocycles. The van der Waals surface area contributed by atoms with Crippen LogP contribution >= 0.6 is 0 Å². The van der Waals surface area contributed by atoms with Crippen LogP contribution in [0.15, 0.2) is 0 Å². The fraction of sp³-hybridized carbons (Fsp3) is 0.952. The van der Waals surface area contributed by atoms with Crippen molar-refractivity contribution in [3.63, 3.8) is 0 Å². The van der Waals surface area contributed by atoms with Crippen LogP contribution in [0, 0.1) is 11.8 Å². The van der Waals surface area contributed by atoms with Crippen molar-refractivity contribution in [3.8, 4) is 0 Å². The van der Waals surface area contributed by atoms with Crippen molar-refractivity contribution in [2.45, 2.75) is 101 Å². The van der Waals surface area contributed by atoms with Gasteiger partial charge >= 0.3 is 5.97 Å². The number of carbonyl (C=O) groups excluding carboxylic acids is 1. The van der Waals surface area contributed by atoms with Crippen molar-refractivity contribution in [1.82, 2.24) is 0 Å². The maximum absolute atomic E-state index is 11.8. The lowest BCUT2D eigenvalue weighted by Crippen LogP contribution is -2.61. The molecular weight excluding hydrogens is 428 g/mol. The molecule has 2 saturated heterocycles. The first-order valence-corrected chi connectivity index (χ1v) is 11.2. The van der Waals surface area contributed by atoms with Crippen LogP contribution < -0.4 is 0 Å². The van der Waals surface area contributed by atoms with Crippen LogP contribution in [-0.4, -0.2) is 99.7 Å². The highest BCUT2D eigenvalue weighted by Crippen LogP contribution is 2.51. The van der Waals surface area contributed by atoms with Crippen LogP contribution in [0.2, 0.25) is 0 Å². The smallest absolute Gasteiger partial charge is 0.303 e. The van der Waals surface area contributed by atoms with E-state index in [-0.39, 0.29) is 12.3 Å². The summed E-state index contributed by atoms with van der Waals surface area (Å²) in [5.41, 5.74) is -1.11. The Kier molecular flexibility index (Phi) is 8.51. The summed E-state index contributed by atoms with van der Waals surface area (Å²) in [4.78, 5) is 11.8. The van der Waals surface area contributed by atoms with Gasteiger partial charge in [0.2, 0.25) is 0 Å². The Labute approximate surface area is 187 Å². The minimum Gasteiger partial charge on any atom is -0.459 e. The predicted octanol–water partition coefficient (Wildman–Crippen LogP) is -0.989. The summed E-state index contributed by atoms with van der Waals surface area (Å²) in [6.07, 6.45) is -7.70. The zero-order valence-corrected chi connectivity index (χ0v) is 18.7. The third-order valence-electron chi connectivity index (χ3n) is 6.61. The number of aliphatic hydroxyl groups is 5. The molecular formula is C21H36O11. The minimum absolute atomic E-state index is 0.168. The number of rotatable bonds is 8. The number of esters is 1. The van der Waals surface area contributed by atoms with Crippen LogP contribution in [0.5, 0.6) is 0 Å². The molecule has 0 bridgehead atoms. The second-order valence-electron chi connectivity index (χ2n) is 9.09. The van der Waals surface area contributed by atoms with Gasteiger partial charge in [-0.05, 0) is 13.3 Å². The summed E-state index contributed by atoms with van der Waals surface area (Å²) >= 11 is 0. The lowest BCUT2D eigenvalue weighted by molar-refractivity contribution is -0.383. The molecule has 1 aliphatic carbocycles. The van der Waals surface area contributed by atoms with Crippen molar-refractivity contribution in [2.75, 3.05) is 13.2 Å². The van der Waals surface area contributed by atoms with E-state index in [2.05, 4.69) is 0 Å². The summed E-state index contributed by atoms with van der Waals surface area (Å²) in [7, 11) is 0. The molecule has 186 valence electrons. The molecule has 5 N–H and O–H groups in total. The third-order valence-corrected chi connectivity index (χ3v) is 6.61. The number of hydrogen-bond acceptors (Lipinski definition) is 11. The van der Waals surface area contributed by atoms with Crippen LogP contribution in [0.4, 0.5) is 0 Å². The first kappa shape index (κ1) is 25.7. The molecule has 3 aliphatic rings. The van der Waals surface area contributed by atoms with E-state index >= 15 is 0 Å². The first-order chi connectivity index (χ1) is 15.1. The first-order valence-electron chi connectivity index (χ1n) is 11.2. The molecule has 11 heteroatoms. The molecule has 0 aromatic heterocycles. The van der Waals surface area contributed by atoms with E-state index in [1.807, 2.05) is 6.92 Å². The number of carbonyl (C=O) groups is 1. The van der Waals surface area contributed by atoms with Crippen molar-refractivity contribution in [3.05, 3.63) is 0 Å². The third kappa shape index (κ3) is 5.26. The van der Waals surface area contributed by atoms with Crippen LogP contribution in [0.3, 0.4) is 0 Å². The summed E-state index contributed by atoms with van der Waals surface area (Å²) in [5.74, 6) is -1.51. The van der Waals surface area contributed by atoms with Gasteiger partial charge < -0.3 is 49.2 Å². The fourth-order valence-corrected chi connectivity index (χ4v) is 5.03. The number of aliphatic hydroxyl groups excluding tert-OH is 5. The Hall–Kier alpha value is -0.890. The van der Waals surface area contributed by atoms with E-state index in [1.165, 1.54) is 6.92 Å². The molecule has 0 amide bonds. The normalized spacial score (nSPS) is 46.6. The Bertz CT molecular complexity index is 631. The number of ether oxygens (including phenoxy) is 5. The molecule has 1 saturated carbocycles. The fourth-order valence-electron chi connectivity index (χ4n) is 5.03. The van der Waals surface area contributed by atoms with E-state index in [0.717, 1.165) is 12.8 Å². The number of hydrogen-bond donors (Lipinski definition) is 5. The maximum Gasteiger partial charge on any atom is 0.303 e. The number of unbranched alkanes of at least 4 members (excludes halogenated alkanes) is 1. The zero-order valence-electron chi connectivity index (χ0n) is 18.7. The van der Waals surface area contributed by atoms with Crippen LogP contribution in [0.1, 0.15) is 46.5 Å². The summed E-state index contributed by atoms with van der Waals surface area (Å²) in [6.45, 7) is 4.83. The molecule has 11 atom stereocenters. The summed E-state index contributed by atoms with van der Waals surface area (Å²) < 4.78 is 28.8. The van der Waals surface area contributed by atoms with Gasteiger partial charge in [0, 0.05) is 32.3 Å². The van der Waals surface area contributed by atoms with E-state index in [4.69, 9.17) is 23.7 Å². The van der Waals surface area contributed by atoms with E-state index in [0.29, 0.717) is 13.0 Å². The van der Waals surface area contributed by atoms with Gasteiger partial charge in [-0.25, -0.2) is 0 Å². The summed E-state index contributed by atoms with van der Waals surface area (Å²) in [5, 5.41) is 50.7. The van der Waals surface area contributed by atoms with Gasteiger partial charge in [-0.2, -0.15) is 0 Å². The van der Waals surface area contributed by atoms with Crippen molar-refractivity contribution in [1.29, 1.82) is 0 Å². The van der Waals surface area contributed by atoms with Gasteiger partial charge in [-0.1, -0.05) is 13.3 Å². The van der Waals surface area contributed by atoms with Crippen molar-refractivity contribution >= 4 is 5.97 Å². The van der Waals surface area contributed by atoms with Gasteiger partial charge in [-0.3, -0.25) is 4.79 Å². The Morgan fingerprint density at radius 1 is 1.09 bits per heavy atom.